The number of nitrogens with zero attached hydrogens (tertiary/aromatic N) is 2. The van der Waals surface area contributed by atoms with E-state index in [4.69, 9.17) is 20.8 Å². The van der Waals surface area contributed by atoms with Crippen molar-refractivity contribution in [1.29, 1.82) is 0 Å². The fraction of sp³-hybridized carbons (Fsp3) is 0.250. The molecule has 1 aromatic heterocycles. The van der Waals surface area contributed by atoms with Gasteiger partial charge < -0.3 is 14.1 Å². The molecule has 6 rings (SSSR count). The van der Waals surface area contributed by atoms with Crippen LogP contribution in [0.5, 0.6) is 5.75 Å². The molecule has 1 spiro atoms. The number of rotatable bonds is 7. The quantitative estimate of drug-likeness (QED) is 0.257. The smallest absolute Gasteiger partial charge is 0.253 e. The van der Waals surface area contributed by atoms with Crippen LogP contribution in [0.3, 0.4) is 0 Å². The molecule has 6 nitrogen and oxygen atoms in total. The molecule has 0 bridgehead atoms. The molecule has 0 saturated carbocycles. The molecule has 0 radical (unpaired) electrons. The third-order valence-corrected chi connectivity index (χ3v) is 8.40. The van der Waals surface area contributed by atoms with E-state index in [1.54, 1.807) is 35.4 Å². The highest BCUT2D eigenvalue weighted by Gasteiger charge is 2.66. The Bertz CT molecular complexity index is 1520. The highest BCUT2D eigenvalue weighted by molar-refractivity contribution is 6.31. The molecule has 2 aliphatic rings. The fourth-order valence-electron chi connectivity index (χ4n) is 6.35. The lowest BCUT2D eigenvalue weighted by molar-refractivity contribution is -0.129. The molecule has 3 aromatic carbocycles. The van der Waals surface area contributed by atoms with Gasteiger partial charge in [0.2, 0.25) is 0 Å². The van der Waals surface area contributed by atoms with Crippen molar-refractivity contribution in [2.45, 2.75) is 24.9 Å². The molecule has 3 atom stereocenters. The summed E-state index contributed by atoms with van der Waals surface area (Å²) in [7, 11) is 1.93. The van der Waals surface area contributed by atoms with Gasteiger partial charge in [0.25, 0.3) is 5.91 Å². The number of anilines is 1. The molecule has 0 aliphatic carbocycles. The van der Waals surface area contributed by atoms with Gasteiger partial charge in [-0.1, -0.05) is 48.0 Å². The van der Waals surface area contributed by atoms with Crippen LogP contribution < -0.4 is 9.64 Å². The molecule has 198 valence electrons. The molecule has 3 heterocycles. The zero-order valence-corrected chi connectivity index (χ0v) is 22.6. The first-order valence-corrected chi connectivity index (χ1v) is 13.5. The average Bonchev–Trinajstić information content (AvgIpc) is 3.64. The fourth-order valence-corrected chi connectivity index (χ4v) is 6.54. The number of likely N-dealkylation sites (N-methyl/N-ethyl adjacent to an activating group) is 1. The summed E-state index contributed by atoms with van der Waals surface area (Å²) < 4.78 is 11.5. The van der Waals surface area contributed by atoms with Crippen molar-refractivity contribution < 1.29 is 18.7 Å². The Labute approximate surface area is 232 Å². The number of ether oxygens (including phenoxy) is 1. The minimum atomic E-state index is -1.20. The number of carbonyl (C=O) groups is 2. The van der Waals surface area contributed by atoms with Gasteiger partial charge in [-0.2, -0.15) is 0 Å². The SMILES string of the molecule is CCOc1ccc(C(=O)[C@@H]2[C@H](c3ccco3)CN(C)[C@@]23C(=O)N(Cc2ccccc2Cl)c2ccccc23)cc1. The number of ketones is 1. The average molecular weight is 541 g/mol. The Hall–Kier alpha value is -3.87. The van der Waals surface area contributed by atoms with Gasteiger partial charge in [0.05, 0.1) is 25.3 Å². The van der Waals surface area contributed by atoms with Gasteiger partial charge in [-0.25, -0.2) is 0 Å². The molecule has 39 heavy (non-hydrogen) atoms. The first kappa shape index (κ1) is 25.4. The van der Waals surface area contributed by atoms with E-state index in [1.807, 2.05) is 79.5 Å². The Balaban J connectivity index is 1.50. The summed E-state index contributed by atoms with van der Waals surface area (Å²) in [6.45, 7) is 3.25. The minimum Gasteiger partial charge on any atom is -0.494 e. The van der Waals surface area contributed by atoms with Gasteiger partial charge in [-0.3, -0.25) is 14.5 Å². The summed E-state index contributed by atoms with van der Waals surface area (Å²) in [4.78, 5) is 33.1. The lowest BCUT2D eigenvalue weighted by Gasteiger charge is -2.36. The van der Waals surface area contributed by atoms with Gasteiger partial charge in [-0.05, 0) is 68.1 Å². The number of fused-ring (bicyclic) bond motifs is 2. The zero-order chi connectivity index (χ0) is 27.1. The summed E-state index contributed by atoms with van der Waals surface area (Å²) in [5.41, 5.74) is 1.79. The maximum absolute atomic E-state index is 14.8. The van der Waals surface area contributed by atoms with Crippen molar-refractivity contribution in [3.8, 4) is 5.75 Å². The van der Waals surface area contributed by atoms with Crippen LogP contribution in [0.2, 0.25) is 5.02 Å². The molecular formula is C32H29ClN2O4. The number of furan rings is 1. The maximum Gasteiger partial charge on any atom is 0.253 e. The number of carbonyl (C=O) groups excluding carboxylic acids is 2. The highest BCUT2D eigenvalue weighted by Crippen LogP contribution is 2.57. The number of para-hydroxylation sites is 1. The number of amides is 1. The first-order valence-electron chi connectivity index (χ1n) is 13.1. The lowest BCUT2D eigenvalue weighted by atomic mass is 9.71. The Kier molecular flexibility index (Phi) is 6.53. The normalized spacial score (nSPS) is 22.4. The van der Waals surface area contributed by atoms with Crippen LogP contribution in [0.1, 0.15) is 40.1 Å². The summed E-state index contributed by atoms with van der Waals surface area (Å²) in [6, 6.07) is 26.2. The van der Waals surface area contributed by atoms with Crippen molar-refractivity contribution in [3.63, 3.8) is 0 Å². The predicted molar refractivity (Wildman–Crippen MR) is 150 cm³/mol. The van der Waals surface area contributed by atoms with Crippen LogP contribution in [-0.2, 0) is 16.9 Å². The second kappa shape index (κ2) is 10.0. The zero-order valence-electron chi connectivity index (χ0n) is 21.8. The van der Waals surface area contributed by atoms with Crippen molar-refractivity contribution in [2.24, 2.45) is 5.92 Å². The third-order valence-electron chi connectivity index (χ3n) is 8.03. The summed E-state index contributed by atoms with van der Waals surface area (Å²) in [5.74, 6) is 0.120. The second-order valence-electron chi connectivity index (χ2n) is 10.1. The number of Topliss-reactive ketones (excluding diaryl/α,β-unsaturated/α-hetero) is 1. The molecule has 1 fully saturated rings. The molecule has 1 saturated heterocycles. The van der Waals surface area contributed by atoms with Gasteiger partial charge >= 0.3 is 0 Å². The molecule has 0 unspecified atom stereocenters. The Morgan fingerprint density at radius 3 is 2.49 bits per heavy atom. The standard InChI is InChI=1S/C32H29ClN2O4/c1-3-38-23-16-14-21(15-17-23)30(36)29-24(28-13-8-18-39-28)20-34(2)32(29)25-10-5-7-12-27(25)35(31(32)37)19-22-9-4-6-11-26(22)33/h4-18,24,29H,3,19-20H2,1-2H3/t24-,29-,32+/m0/s1. The van der Waals surface area contributed by atoms with Crippen LogP contribution >= 0.6 is 11.6 Å². The van der Waals surface area contributed by atoms with E-state index in [-0.39, 0.29) is 17.6 Å². The monoisotopic (exact) mass is 540 g/mol. The van der Waals surface area contributed by atoms with Crippen molar-refractivity contribution in [3.05, 3.63) is 119 Å². The highest BCUT2D eigenvalue weighted by atomic mass is 35.5. The van der Waals surface area contributed by atoms with Crippen LogP contribution in [0, 0.1) is 5.92 Å². The first-order chi connectivity index (χ1) is 19.0. The van der Waals surface area contributed by atoms with E-state index >= 15 is 0 Å². The van der Waals surface area contributed by atoms with Crippen LogP contribution in [-0.4, -0.2) is 36.8 Å². The minimum absolute atomic E-state index is 0.105. The van der Waals surface area contributed by atoms with Crippen LogP contribution in [0.4, 0.5) is 5.69 Å². The Morgan fingerprint density at radius 2 is 1.77 bits per heavy atom. The van der Waals surface area contributed by atoms with E-state index in [0.29, 0.717) is 41.8 Å². The number of halogens is 1. The van der Waals surface area contributed by atoms with E-state index in [9.17, 15) is 9.59 Å². The summed E-state index contributed by atoms with van der Waals surface area (Å²) in [6.07, 6.45) is 1.62. The Morgan fingerprint density at radius 1 is 1.03 bits per heavy atom. The van der Waals surface area contributed by atoms with E-state index in [0.717, 1.165) is 16.8 Å². The second-order valence-corrected chi connectivity index (χ2v) is 10.5. The van der Waals surface area contributed by atoms with Crippen molar-refractivity contribution in [1.82, 2.24) is 4.90 Å². The van der Waals surface area contributed by atoms with Crippen molar-refractivity contribution >= 4 is 29.0 Å². The number of hydrogen-bond donors (Lipinski definition) is 0. The number of likely N-dealkylation sites (tertiary alicyclic amines) is 1. The van der Waals surface area contributed by atoms with E-state index in [2.05, 4.69) is 0 Å². The molecule has 0 N–H and O–H groups in total. The lowest BCUT2D eigenvalue weighted by Crippen LogP contribution is -2.53. The molecule has 7 heteroatoms. The predicted octanol–water partition coefficient (Wildman–Crippen LogP) is 6.30. The van der Waals surface area contributed by atoms with E-state index < -0.39 is 11.5 Å². The van der Waals surface area contributed by atoms with Crippen molar-refractivity contribution in [2.75, 3.05) is 25.1 Å². The number of benzene rings is 3. The number of hydrogen-bond acceptors (Lipinski definition) is 5. The van der Waals surface area contributed by atoms with Gasteiger partial charge in [0.1, 0.15) is 17.0 Å². The van der Waals surface area contributed by atoms with Gasteiger partial charge in [-0.15, -0.1) is 0 Å². The topological polar surface area (TPSA) is 63.0 Å². The van der Waals surface area contributed by atoms with Crippen LogP contribution in [0.15, 0.2) is 95.6 Å². The van der Waals surface area contributed by atoms with Crippen LogP contribution in [0.25, 0.3) is 0 Å². The van der Waals surface area contributed by atoms with Gasteiger partial charge in [0, 0.05) is 34.3 Å². The molecule has 2 aliphatic heterocycles. The van der Waals surface area contributed by atoms with E-state index in [1.165, 1.54) is 0 Å². The maximum atomic E-state index is 14.8. The molecular weight excluding hydrogens is 512 g/mol. The molecule has 4 aromatic rings. The third kappa shape index (κ3) is 3.98. The summed E-state index contributed by atoms with van der Waals surface area (Å²) in [5, 5.41) is 0.596. The van der Waals surface area contributed by atoms with Gasteiger partial charge in [0.15, 0.2) is 5.78 Å². The summed E-state index contributed by atoms with van der Waals surface area (Å²) >= 11 is 6.52. The molecule has 1 amide bonds. The largest absolute Gasteiger partial charge is 0.494 e.